The van der Waals surface area contributed by atoms with E-state index < -0.39 is 0 Å². The largest absolute Gasteiger partial charge is 0.367 e. The molecule has 2 N–H and O–H groups in total. The Hall–Kier alpha value is -1.87. The van der Waals surface area contributed by atoms with Crippen LogP contribution in [0.15, 0.2) is 48.5 Å². The molecule has 0 saturated heterocycles. The Balaban J connectivity index is 2.32. The monoisotopic (exact) mass is 272 g/mol. The van der Waals surface area contributed by atoms with Crippen molar-refractivity contribution in [2.45, 2.75) is 26.4 Å². The number of benzene rings is 2. The van der Waals surface area contributed by atoms with Gasteiger partial charge < -0.3 is 10.6 Å². The summed E-state index contributed by atoms with van der Waals surface area (Å²) in [6.07, 6.45) is 0. The Bertz CT molecular complexity index is 552. The lowest BCUT2D eigenvalue weighted by atomic mass is 10.0. The van der Waals surface area contributed by atoms with Crippen molar-refractivity contribution in [3.05, 3.63) is 65.5 Å². The molecule has 0 aliphatic heterocycles. The van der Waals surface area contributed by atoms with Crippen molar-refractivity contribution < 1.29 is 4.39 Å². The number of rotatable bonds is 5. The van der Waals surface area contributed by atoms with E-state index in [-0.39, 0.29) is 11.9 Å². The molecule has 106 valence electrons. The summed E-state index contributed by atoms with van der Waals surface area (Å²) >= 11 is 0. The molecule has 2 nitrogen and oxygen atoms in total. The zero-order valence-electron chi connectivity index (χ0n) is 12.0. The van der Waals surface area contributed by atoms with Crippen LogP contribution < -0.4 is 10.6 Å². The third-order valence-electron chi connectivity index (χ3n) is 3.42. The summed E-state index contributed by atoms with van der Waals surface area (Å²) in [5.74, 6) is -0.239. The van der Waals surface area contributed by atoms with Gasteiger partial charge in [0.05, 0.1) is 0 Å². The molecular weight excluding hydrogens is 251 g/mol. The fourth-order valence-corrected chi connectivity index (χ4v) is 2.35. The van der Waals surface area contributed by atoms with Gasteiger partial charge in [0.2, 0.25) is 0 Å². The molecule has 3 heteroatoms. The summed E-state index contributed by atoms with van der Waals surface area (Å²) in [6, 6.07) is 14.9. The first kappa shape index (κ1) is 14.5. The molecule has 0 saturated carbocycles. The van der Waals surface area contributed by atoms with E-state index in [0.717, 1.165) is 24.3 Å². The highest BCUT2D eigenvalue weighted by Crippen LogP contribution is 2.27. The van der Waals surface area contributed by atoms with Gasteiger partial charge in [-0.1, -0.05) is 30.3 Å². The number of nitrogens with two attached hydrogens (primary N) is 1. The molecular formula is C17H21FN2. The molecule has 2 rings (SSSR count). The van der Waals surface area contributed by atoms with Crippen LogP contribution in [0, 0.1) is 5.82 Å². The van der Waals surface area contributed by atoms with E-state index in [4.69, 9.17) is 5.73 Å². The third kappa shape index (κ3) is 3.36. The Morgan fingerprint density at radius 2 is 1.85 bits per heavy atom. The first-order chi connectivity index (χ1) is 9.61. The zero-order chi connectivity index (χ0) is 14.5. The van der Waals surface area contributed by atoms with Crippen LogP contribution in [-0.4, -0.2) is 6.54 Å². The molecule has 0 aromatic heterocycles. The van der Waals surface area contributed by atoms with E-state index in [0.29, 0.717) is 0 Å². The smallest absolute Gasteiger partial charge is 0.123 e. The topological polar surface area (TPSA) is 29.3 Å². The second kappa shape index (κ2) is 6.53. The molecule has 0 fully saturated rings. The van der Waals surface area contributed by atoms with E-state index in [1.54, 1.807) is 0 Å². The normalized spacial score (nSPS) is 12.2. The fourth-order valence-electron chi connectivity index (χ4n) is 2.35. The van der Waals surface area contributed by atoms with Gasteiger partial charge in [0.1, 0.15) is 5.82 Å². The molecule has 0 radical (unpaired) electrons. The van der Waals surface area contributed by atoms with Crippen molar-refractivity contribution in [1.29, 1.82) is 0 Å². The lowest BCUT2D eigenvalue weighted by Gasteiger charge is -2.27. The van der Waals surface area contributed by atoms with Crippen molar-refractivity contribution in [3.8, 4) is 0 Å². The lowest BCUT2D eigenvalue weighted by Crippen LogP contribution is -2.24. The molecule has 0 aliphatic rings. The van der Waals surface area contributed by atoms with E-state index >= 15 is 0 Å². The molecule has 0 spiro atoms. The summed E-state index contributed by atoms with van der Waals surface area (Å²) in [6.45, 7) is 5.62. The minimum Gasteiger partial charge on any atom is -0.367 e. The molecule has 0 bridgehead atoms. The van der Waals surface area contributed by atoms with Gasteiger partial charge in [0.15, 0.2) is 0 Å². The fraction of sp³-hybridized carbons (Fsp3) is 0.294. The van der Waals surface area contributed by atoms with E-state index in [2.05, 4.69) is 24.0 Å². The van der Waals surface area contributed by atoms with Crippen molar-refractivity contribution >= 4 is 5.69 Å². The third-order valence-corrected chi connectivity index (χ3v) is 3.42. The van der Waals surface area contributed by atoms with Crippen molar-refractivity contribution in [1.82, 2.24) is 0 Å². The zero-order valence-corrected chi connectivity index (χ0v) is 12.0. The van der Waals surface area contributed by atoms with Crippen molar-refractivity contribution in [2.75, 3.05) is 11.4 Å². The van der Waals surface area contributed by atoms with Crippen LogP contribution in [0.3, 0.4) is 0 Å². The van der Waals surface area contributed by atoms with Crippen LogP contribution >= 0.6 is 0 Å². The minimum absolute atomic E-state index is 0.189. The first-order valence-electron chi connectivity index (χ1n) is 6.95. The summed E-state index contributed by atoms with van der Waals surface area (Å²) in [5, 5.41) is 0. The number of hydrogen-bond acceptors (Lipinski definition) is 2. The van der Waals surface area contributed by atoms with Gasteiger partial charge in [-0.05, 0) is 43.2 Å². The SMILES string of the molecule is CCN(Cc1ccccc1)c1ccc(F)cc1[C@H](C)N. The second-order valence-electron chi connectivity index (χ2n) is 4.99. The summed E-state index contributed by atoms with van der Waals surface area (Å²) in [4.78, 5) is 2.22. The molecule has 1 atom stereocenters. The highest BCUT2D eigenvalue weighted by Gasteiger charge is 2.14. The van der Waals surface area contributed by atoms with Crippen molar-refractivity contribution in [3.63, 3.8) is 0 Å². The van der Waals surface area contributed by atoms with Gasteiger partial charge >= 0.3 is 0 Å². The summed E-state index contributed by atoms with van der Waals surface area (Å²) in [5.41, 5.74) is 9.06. The van der Waals surface area contributed by atoms with Gasteiger partial charge in [-0.3, -0.25) is 0 Å². The van der Waals surface area contributed by atoms with E-state index in [1.807, 2.05) is 31.2 Å². The predicted molar refractivity (Wildman–Crippen MR) is 82.2 cm³/mol. The highest BCUT2D eigenvalue weighted by atomic mass is 19.1. The minimum atomic E-state index is -0.239. The Morgan fingerprint density at radius 1 is 1.15 bits per heavy atom. The van der Waals surface area contributed by atoms with E-state index in [9.17, 15) is 4.39 Å². The Labute approximate surface area is 120 Å². The molecule has 0 heterocycles. The quantitative estimate of drug-likeness (QED) is 0.895. The van der Waals surface area contributed by atoms with Gasteiger partial charge in [0, 0.05) is 24.8 Å². The van der Waals surface area contributed by atoms with E-state index in [1.165, 1.54) is 17.7 Å². The van der Waals surface area contributed by atoms with Crippen LogP contribution in [0.2, 0.25) is 0 Å². The lowest BCUT2D eigenvalue weighted by molar-refractivity contribution is 0.621. The molecule has 2 aromatic rings. The number of hydrogen-bond donors (Lipinski definition) is 1. The van der Waals surface area contributed by atoms with Gasteiger partial charge in [-0.15, -0.1) is 0 Å². The summed E-state index contributed by atoms with van der Waals surface area (Å²) < 4.78 is 13.4. The Morgan fingerprint density at radius 3 is 2.45 bits per heavy atom. The number of halogens is 1. The molecule has 20 heavy (non-hydrogen) atoms. The van der Waals surface area contributed by atoms with Crippen LogP contribution in [0.4, 0.5) is 10.1 Å². The maximum absolute atomic E-state index is 13.4. The number of nitrogens with zero attached hydrogens (tertiary/aromatic N) is 1. The Kier molecular flexibility index (Phi) is 4.74. The first-order valence-corrected chi connectivity index (χ1v) is 6.95. The van der Waals surface area contributed by atoms with Gasteiger partial charge in [-0.25, -0.2) is 4.39 Å². The van der Waals surface area contributed by atoms with Gasteiger partial charge in [-0.2, -0.15) is 0 Å². The molecule has 0 amide bonds. The second-order valence-corrected chi connectivity index (χ2v) is 4.99. The highest BCUT2D eigenvalue weighted by molar-refractivity contribution is 5.55. The van der Waals surface area contributed by atoms with Crippen LogP contribution in [0.5, 0.6) is 0 Å². The van der Waals surface area contributed by atoms with Gasteiger partial charge in [0.25, 0.3) is 0 Å². The van der Waals surface area contributed by atoms with Crippen LogP contribution in [0.25, 0.3) is 0 Å². The molecule has 0 unspecified atom stereocenters. The predicted octanol–water partition coefficient (Wildman–Crippen LogP) is 3.87. The average molecular weight is 272 g/mol. The summed E-state index contributed by atoms with van der Waals surface area (Å²) in [7, 11) is 0. The average Bonchev–Trinajstić information content (AvgIpc) is 2.46. The van der Waals surface area contributed by atoms with Crippen LogP contribution in [-0.2, 0) is 6.54 Å². The number of anilines is 1. The standard InChI is InChI=1S/C17H21FN2/c1-3-20(12-14-7-5-4-6-8-14)17-10-9-15(18)11-16(17)13(2)19/h4-11,13H,3,12,19H2,1-2H3/t13-/m0/s1. The van der Waals surface area contributed by atoms with Crippen LogP contribution in [0.1, 0.15) is 31.0 Å². The molecule has 2 aromatic carbocycles. The van der Waals surface area contributed by atoms with Crippen molar-refractivity contribution in [2.24, 2.45) is 5.73 Å². The maximum atomic E-state index is 13.4. The maximum Gasteiger partial charge on any atom is 0.123 e. The molecule has 0 aliphatic carbocycles.